The number of hydrogen-bond acceptors (Lipinski definition) is 4. The lowest BCUT2D eigenvalue weighted by molar-refractivity contribution is -0.309. The van der Waals surface area contributed by atoms with E-state index in [1.54, 1.807) is 0 Å². The number of benzene rings is 1. The van der Waals surface area contributed by atoms with Gasteiger partial charge in [-0.05, 0) is 62.9 Å². The number of alkyl halides is 6. The number of carbonyl (C=O) groups is 1. The Morgan fingerprint density at radius 3 is 2.15 bits per heavy atom. The minimum atomic E-state index is -5.70. The molecule has 1 aromatic rings. The quantitative estimate of drug-likeness (QED) is 0.546. The Morgan fingerprint density at radius 1 is 1.00 bits per heavy atom. The molecule has 1 spiro atoms. The second kappa shape index (κ2) is 9.13. The highest BCUT2D eigenvalue weighted by Crippen LogP contribution is 2.43. The number of piperidine rings is 1. The van der Waals surface area contributed by atoms with Crippen molar-refractivity contribution >= 4 is 11.8 Å². The molecule has 3 aliphatic heterocycles. The molecule has 34 heavy (non-hydrogen) atoms. The van der Waals surface area contributed by atoms with Crippen molar-refractivity contribution in [2.75, 3.05) is 44.2 Å². The summed E-state index contributed by atoms with van der Waals surface area (Å²) in [5, 5.41) is 0. The number of hydrogen-bond donors (Lipinski definition) is 0. The van der Waals surface area contributed by atoms with Crippen molar-refractivity contribution in [2.45, 2.75) is 57.6 Å². The van der Waals surface area contributed by atoms with Crippen molar-refractivity contribution in [1.82, 2.24) is 9.80 Å². The van der Waals surface area contributed by atoms with Crippen LogP contribution in [-0.4, -0.2) is 73.6 Å². The topological polar surface area (TPSA) is 36.0 Å². The molecule has 0 bridgehead atoms. The normalized spacial score (nSPS) is 21.3. The Bertz CT molecular complexity index is 868. The average Bonchev–Trinajstić information content (AvgIpc) is 3.25. The summed E-state index contributed by atoms with van der Waals surface area (Å²) >= 11 is 0. The number of aryl methyl sites for hydroxylation is 1. The van der Waals surface area contributed by atoms with E-state index in [9.17, 15) is 31.1 Å². The Labute approximate surface area is 194 Å². The first kappa shape index (κ1) is 24.9. The predicted molar refractivity (Wildman–Crippen MR) is 114 cm³/mol. The lowest BCUT2D eigenvalue weighted by atomic mass is 9.72. The number of amides is 1. The minimum absolute atomic E-state index is 0.117. The van der Waals surface area contributed by atoms with Crippen LogP contribution in [0.5, 0.6) is 0 Å². The third-order valence-electron chi connectivity index (χ3n) is 7.12. The molecule has 0 aliphatic carbocycles. The van der Waals surface area contributed by atoms with Crippen molar-refractivity contribution in [2.24, 2.45) is 5.41 Å². The monoisotopic (exact) mass is 493 g/mol. The van der Waals surface area contributed by atoms with E-state index in [4.69, 9.17) is 0 Å². The molecular formula is C23H29F6N3O2. The number of rotatable bonds is 4. The largest absolute Gasteiger partial charge is 0.434 e. The second-order valence-electron chi connectivity index (χ2n) is 9.81. The number of carbonyl (C=O) groups excluding carboxylic acids is 1. The minimum Gasteiger partial charge on any atom is -0.426 e. The van der Waals surface area contributed by atoms with Crippen molar-refractivity contribution in [3.63, 3.8) is 0 Å². The van der Waals surface area contributed by atoms with E-state index in [0.29, 0.717) is 0 Å². The molecule has 3 saturated heterocycles. The summed E-state index contributed by atoms with van der Waals surface area (Å²) in [4.78, 5) is 17.6. The molecule has 5 nitrogen and oxygen atoms in total. The van der Waals surface area contributed by atoms with Crippen molar-refractivity contribution in [1.29, 1.82) is 0 Å². The standard InChI is InChI=1S/C23H29F6N3O2/c1-16-4-5-17(18(12-16)31-8-2-3-9-31)13-30-10-6-21(7-11-30)14-32(15-21)20(33)34-19(22(24,25)26)23(27,28)29/h4-5,12,19H,2-3,6-11,13-15H2,1H3. The fourth-order valence-electron chi connectivity index (χ4n) is 5.19. The van der Waals surface area contributed by atoms with E-state index in [0.717, 1.165) is 50.5 Å². The van der Waals surface area contributed by atoms with Crippen LogP contribution in [0.25, 0.3) is 0 Å². The molecule has 3 fully saturated rings. The van der Waals surface area contributed by atoms with Gasteiger partial charge in [0.25, 0.3) is 6.10 Å². The molecule has 0 radical (unpaired) electrons. The Hall–Kier alpha value is -2.17. The van der Waals surface area contributed by atoms with Crippen LogP contribution in [0.1, 0.15) is 36.8 Å². The highest BCUT2D eigenvalue weighted by molar-refractivity contribution is 5.69. The summed E-state index contributed by atoms with van der Waals surface area (Å²) in [7, 11) is 0. The summed E-state index contributed by atoms with van der Waals surface area (Å²) in [6, 6.07) is 6.48. The molecule has 3 heterocycles. The molecule has 0 N–H and O–H groups in total. The summed E-state index contributed by atoms with van der Waals surface area (Å²) in [5.74, 6) is 0. The fraction of sp³-hybridized carbons (Fsp3) is 0.696. The average molecular weight is 493 g/mol. The molecule has 0 saturated carbocycles. The van der Waals surface area contributed by atoms with Gasteiger partial charge in [-0.15, -0.1) is 0 Å². The molecule has 1 amide bonds. The van der Waals surface area contributed by atoms with Gasteiger partial charge in [-0.3, -0.25) is 4.90 Å². The summed E-state index contributed by atoms with van der Waals surface area (Å²) < 4.78 is 79.8. The summed E-state index contributed by atoms with van der Waals surface area (Å²) in [5.41, 5.74) is 3.46. The summed E-state index contributed by atoms with van der Waals surface area (Å²) in [6.07, 6.45) is -13.3. The van der Waals surface area contributed by atoms with Crippen LogP contribution in [-0.2, 0) is 11.3 Å². The maximum Gasteiger partial charge on any atom is 0.434 e. The molecule has 0 atom stereocenters. The van der Waals surface area contributed by atoms with Crippen LogP contribution in [0, 0.1) is 12.3 Å². The number of anilines is 1. The maximum absolute atomic E-state index is 12.7. The number of likely N-dealkylation sites (tertiary alicyclic amines) is 2. The van der Waals surface area contributed by atoms with Crippen LogP contribution in [0.15, 0.2) is 18.2 Å². The van der Waals surface area contributed by atoms with E-state index in [2.05, 4.69) is 39.7 Å². The first-order valence-electron chi connectivity index (χ1n) is 11.5. The molecule has 3 aliphatic rings. The number of ether oxygens (including phenoxy) is 1. The highest BCUT2D eigenvalue weighted by atomic mass is 19.4. The van der Waals surface area contributed by atoms with Crippen LogP contribution >= 0.6 is 0 Å². The van der Waals surface area contributed by atoms with Gasteiger partial charge in [-0.25, -0.2) is 4.79 Å². The zero-order valence-corrected chi connectivity index (χ0v) is 19.0. The second-order valence-corrected chi connectivity index (χ2v) is 9.81. The predicted octanol–water partition coefficient (Wildman–Crippen LogP) is 5.12. The molecule has 4 rings (SSSR count). The van der Waals surface area contributed by atoms with Crippen LogP contribution < -0.4 is 4.90 Å². The molecule has 190 valence electrons. The van der Waals surface area contributed by atoms with Gasteiger partial charge in [0.1, 0.15) is 0 Å². The SMILES string of the molecule is Cc1ccc(CN2CCC3(CC2)CN(C(=O)OC(C(F)(F)F)C(F)(F)F)C3)c(N2CCCC2)c1. The van der Waals surface area contributed by atoms with E-state index in [1.165, 1.54) is 29.7 Å². The molecule has 11 heteroatoms. The molecule has 1 aromatic carbocycles. The van der Waals surface area contributed by atoms with Crippen LogP contribution in [0.4, 0.5) is 36.8 Å². The zero-order valence-electron chi connectivity index (χ0n) is 19.0. The van der Waals surface area contributed by atoms with Gasteiger partial charge in [0, 0.05) is 43.8 Å². The van der Waals surface area contributed by atoms with Gasteiger partial charge in [0.2, 0.25) is 0 Å². The maximum atomic E-state index is 12.7. The summed E-state index contributed by atoms with van der Waals surface area (Å²) in [6.45, 7) is 6.70. The third kappa shape index (κ3) is 5.39. The Morgan fingerprint density at radius 2 is 1.59 bits per heavy atom. The lowest BCUT2D eigenvalue weighted by Crippen LogP contribution is -2.62. The zero-order chi connectivity index (χ0) is 24.7. The van der Waals surface area contributed by atoms with Crippen LogP contribution in [0.3, 0.4) is 0 Å². The van der Waals surface area contributed by atoms with Gasteiger partial charge in [0.15, 0.2) is 0 Å². The van der Waals surface area contributed by atoms with Crippen molar-refractivity contribution in [3.05, 3.63) is 29.3 Å². The molecular weight excluding hydrogens is 464 g/mol. The van der Waals surface area contributed by atoms with Gasteiger partial charge < -0.3 is 14.5 Å². The van der Waals surface area contributed by atoms with E-state index >= 15 is 0 Å². The van der Waals surface area contributed by atoms with Gasteiger partial charge in [-0.2, -0.15) is 26.3 Å². The van der Waals surface area contributed by atoms with Crippen LogP contribution in [0.2, 0.25) is 0 Å². The molecule has 0 unspecified atom stereocenters. The van der Waals surface area contributed by atoms with Gasteiger partial charge in [0.05, 0.1) is 0 Å². The fourth-order valence-corrected chi connectivity index (χ4v) is 5.19. The Balaban J connectivity index is 1.30. The first-order valence-corrected chi connectivity index (χ1v) is 11.5. The smallest absolute Gasteiger partial charge is 0.426 e. The third-order valence-corrected chi connectivity index (χ3v) is 7.12. The van der Waals surface area contributed by atoms with Gasteiger partial charge >= 0.3 is 18.4 Å². The van der Waals surface area contributed by atoms with E-state index in [1.807, 2.05) is 0 Å². The molecule has 0 aromatic heterocycles. The first-order chi connectivity index (χ1) is 15.9. The van der Waals surface area contributed by atoms with Gasteiger partial charge in [-0.1, -0.05) is 12.1 Å². The Kier molecular flexibility index (Phi) is 6.69. The van der Waals surface area contributed by atoms with Crippen molar-refractivity contribution in [3.8, 4) is 0 Å². The van der Waals surface area contributed by atoms with E-state index < -0.39 is 24.5 Å². The van der Waals surface area contributed by atoms with E-state index in [-0.39, 0.29) is 18.5 Å². The van der Waals surface area contributed by atoms with Crippen molar-refractivity contribution < 1.29 is 35.9 Å². The highest BCUT2D eigenvalue weighted by Gasteiger charge is 2.61. The number of halogens is 6. The number of nitrogens with zero attached hydrogens (tertiary/aromatic N) is 3. The lowest BCUT2D eigenvalue weighted by Gasteiger charge is -2.53.